The summed E-state index contributed by atoms with van der Waals surface area (Å²) in [6.07, 6.45) is 5.01. The number of hydrogen-bond donors (Lipinski definition) is 2. The van der Waals surface area contributed by atoms with Crippen LogP contribution in [0, 0.1) is 11.8 Å². The number of anilines is 2. The van der Waals surface area contributed by atoms with Crippen molar-refractivity contribution in [3.8, 4) is 0 Å². The Labute approximate surface area is 174 Å². The number of fused-ring (bicyclic) bond motifs is 1. The zero-order chi connectivity index (χ0) is 20.2. The summed E-state index contributed by atoms with van der Waals surface area (Å²) in [6, 6.07) is 20.7. The molecular formula is C24H21ClN2O2. The van der Waals surface area contributed by atoms with Gasteiger partial charge in [-0.3, -0.25) is 9.59 Å². The highest BCUT2D eigenvalue weighted by atomic mass is 35.5. The molecule has 0 bridgehead atoms. The Morgan fingerprint density at radius 1 is 0.759 bits per heavy atom. The average Bonchev–Trinajstić information content (AvgIpc) is 2.75. The second-order valence-electron chi connectivity index (χ2n) is 7.17. The van der Waals surface area contributed by atoms with Crippen molar-refractivity contribution in [1.82, 2.24) is 0 Å². The average molecular weight is 405 g/mol. The Kier molecular flexibility index (Phi) is 5.63. The first-order valence-electron chi connectivity index (χ1n) is 9.62. The zero-order valence-electron chi connectivity index (χ0n) is 15.8. The van der Waals surface area contributed by atoms with Crippen LogP contribution in [0.2, 0.25) is 5.02 Å². The highest BCUT2D eigenvalue weighted by molar-refractivity contribution is 6.30. The van der Waals surface area contributed by atoms with Crippen molar-refractivity contribution in [2.24, 2.45) is 11.8 Å². The molecule has 146 valence electrons. The quantitative estimate of drug-likeness (QED) is 0.552. The van der Waals surface area contributed by atoms with E-state index in [1.54, 1.807) is 24.3 Å². The maximum Gasteiger partial charge on any atom is 0.228 e. The van der Waals surface area contributed by atoms with Gasteiger partial charge in [0.15, 0.2) is 0 Å². The van der Waals surface area contributed by atoms with E-state index in [2.05, 4.69) is 10.6 Å². The first kappa shape index (κ1) is 19.2. The second-order valence-corrected chi connectivity index (χ2v) is 7.60. The molecular weight excluding hydrogens is 384 g/mol. The van der Waals surface area contributed by atoms with Crippen molar-refractivity contribution in [3.05, 3.63) is 83.9 Å². The van der Waals surface area contributed by atoms with Crippen molar-refractivity contribution < 1.29 is 9.59 Å². The van der Waals surface area contributed by atoms with Crippen molar-refractivity contribution in [2.75, 3.05) is 10.6 Å². The smallest absolute Gasteiger partial charge is 0.228 e. The predicted octanol–water partition coefficient (Wildman–Crippen LogP) is 5.65. The maximum atomic E-state index is 13.1. The molecule has 4 rings (SSSR count). The summed E-state index contributed by atoms with van der Waals surface area (Å²) in [5.74, 6) is -1.14. The lowest BCUT2D eigenvalue weighted by Gasteiger charge is -2.27. The standard InChI is InChI=1S/C24H21ClN2O2/c25-17-12-14-18(15-13-17)26-23(28)20-9-3-4-10-21(20)24(29)27-22-11-5-7-16-6-1-2-8-19(16)22/h1-8,11-15,20-21H,9-10H2,(H,26,28)(H,27,29). The van der Waals surface area contributed by atoms with Crippen molar-refractivity contribution in [1.29, 1.82) is 0 Å². The van der Waals surface area contributed by atoms with Gasteiger partial charge in [-0.25, -0.2) is 0 Å². The van der Waals surface area contributed by atoms with E-state index in [1.807, 2.05) is 54.6 Å². The zero-order valence-corrected chi connectivity index (χ0v) is 16.5. The van der Waals surface area contributed by atoms with Crippen LogP contribution < -0.4 is 10.6 Å². The Morgan fingerprint density at radius 2 is 1.38 bits per heavy atom. The number of halogens is 1. The first-order valence-corrected chi connectivity index (χ1v) is 9.99. The van der Waals surface area contributed by atoms with Gasteiger partial charge in [0.25, 0.3) is 0 Å². The van der Waals surface area contributed by atoms with Gasteiger partial charge in [-0.1, -0.05) is 60.2 Å². The molecule has 4 nitrogen and oxygen atoms in total. The SMILES string of the molecule is O=C(Nc1ccc(Cl)cc1)C1CC=CCC1C(=O)Nc1cccc2ccccc12. The number of carbonyl (C=O) groups excluding carboxylic acids is 2. The fraction of sp³-hybridized carbons (Fsp3) is 0.167. The molecule has 2 amide bonds. The van der Waals surface area contributed by atoms with E-state index in [-0.39, 0.29) is 11.8 Å². The summed E-state index contributed by atoms with van der Waals surface area (Å²) >= 11 is 5.91. The third-order valence-electron chi connectivity index (χ3n) is 5.27. The fourth-order valence-electron chi connectivity index (χ4n) is 3.72. The molecule has 2 unspecified atom stereocenters. The van der Waals surface area contributed by atoms with E-state index in [1.165, 1.54) is 0 Å². The molecule has 1 aliphatic rings. The molecule has 0 aromatic heterocycles. The van der Waals surface area contributed by atoms with Gasteiger partial charge in [0.05, 0.1) is 11.8 Å². The number of benzene rings is 3. The summed E-state index contributed by atoms with van der Waals surface area (Å²) in [4.78, 5) is 26.0. The third-order valence-corrected chi connectivity index (χ3v) is 5.52. The van der Waals surface area contributed by atoms with E-state index < -0.39 is 11.8 Å². The van der Waals surface area contributed by atoms with Crippen LogP contribution in [0.3, 0.4) is 0 Å². The molecule has 0 heterocycles. The lowest BCUT2D eigenvalue weighted by molar-refractivity contribution is -0.129. The van der Waals surface area contributed by atoms with Crippen LogP contribution in [-0.4, -0.2) is 11.8 Å². The number of hydrogen-bond acceptors (Lipinski definition) is 2. The lowest BCUT2D eigenvalue weighted by Crippen LogP contribution is -2.37. The van der Waals surface area contributed by atoms with Crippen molar-refractivity contribution >= 4 is 45.6 Å². The minimum Gasteiger partial charge on any atom is -0.326 e. The molecule has 3 aromatic rings. The van der Waals surface area contributed by atoms with Crippen LogP contribution >= 0.6 is 11.6 Å². The number of rotatable bonds is 4. The van der Waals surface area contributed by atoms with Gasteiger partial charge >= 0.3 is 0 Å². The minimum atomic E-state index is -0.425. The monoisotopic (exact) mass is 404 g/mol. The molecule has 0 saturated heterocycles. The molecule has 0 spiro atoms. The van der Waals surface area contributed by atoms with E-state index >= 15 is 0 Å². The summed E-state index contributed by atoms with van der Waals surface area (Å²) < 4.78 is 0. The lowest BCUT2D eigenvalue weighted by atomic mass is 9.81. The molecule has 0 aliphatic heterocycles. The molecule has 0 saturated carbocycles. The van der Waals surface area contributed by atoms with E-state index in [0.717, 1.165) is 16.5 Å². The van der Waals surface area contributed by atoms with Crippen LogP contribution in [0.25, 0.3) is 10.8 Å². The predicted molar refractivity (Wildman–Crippen MR) is 118 cm³/mol. The maximum absolute atomic E-state index is 13.1. The van der Waals surface area contributed by atoms with Crippen LogP contribution in [0.5, 0.6) is 0 Å². The molecule has 0 radical (unpaired) electrons. The van der Waals surface area contributed by atoms with E-state index in [0.29, 0.717) is 23.6 Å². The Bertz CT molecular complexity index is 1070. The largest absolute Gasteiger partial charge is 0.326 e. The van der Waals surface area contributed by atoms with Gasteiger partial charge in [-0.2, -0.15) is 0 Å². The second kappa shape index (κ2) is 8.50. The van der Waals surface area contributed by atoms with Crippen LogP contribution in [0.1, 0.15) is 12.8 Å². The van der Waals surface area contributed by atoms with Gasteiger partial charge in [0.1, 0.15) is 0 Å². The first-order chi connectivity index (χ1) is 14.1. The highest BCUT2D eigenvalue weighted by Crippen LogP contribution is 2.30. The summed E-state index contributed by atoms with van der Waals surface area (Å²) in [5, 5.41) is 8.60. The Hall–Kier alpha value is -3.11. The van der Waals surface area contributed by atoms with Crippen molar-refractivity contribution in [2.45, 2.75) is 12.8 Å². The minimum absolute atomic E-state index is 0.137. The third kappa shape index (κ3) is 4.33. The molecule has 2 N–H and O–H groups in total. The Morgan fingerprint density at radius 3 is 2.10 bits per heavy atom. The molecule has 29 heavy (non-hydrogen) atoms. The number of allylic oxidation sites excluding steroid dienone is 2. The van der Waals surface area contributed by atoms with Crippen LogP contribution in [0.15, 0.2) is 78.9 Å². The van der Waals surface area contributed by atoms with Gasteiger partial charge in [-0.15, -0.1) is 0 Å². The molecule has 0 fully saturated rings. The normalized spacial score (nSPS) is 18.4. The van der Waals surface area contributed by atoms with Crippen molar-refractivity contribution in [3.63, 3.8) is 0 Å². The van der Waals surface area contributed by atoms with Gasteiger partial charge in [-0.05, 0) is 48.6 Å². The topological polar surface area (TPSA) is 58.2 Å². The van der Waals surface area contributed by atoms with Gasteiger partial charge in [0.2, 0.25) is 11.8 Å². The Balaban J connectivity index is 1.52. The van der Waals surface area contributed by atoms with E-state index in [9.17, 15) is 9.59 Å². The van der Waals surface area contributed by atoms with Gasteiger partial charge < -0.3 is 10.6 Å². The van der Waals surface area contributed by atoms with Gasteiger partial charge in [0, 0.05) is 21.8 Å². The number of nitrogens with one attached hydrogen (secondary N) is 2. The van der Waals surface area contributed by atoms with Crippen LogP contribution in [-0.2, 0) is 9.59 Å². The highest BCUT2D eigenvalue weighted by Gasteiger charge is 2.34. The summed E-state index contributed by atoms with van der Waals surface area (Å²) in [6.45, 7) is 0. The number of carbonyl (C=O) groups is 2. The molecule has 1 aliphatic carbocycles. The van der Waals surface area contributed by atoms with Crippen LogP contribution in [0.4, 0.5) is 11.4 Å². The molecule has 2 atom stereocenters. The van der Waals surface area contributed by atoms with E-state index in [4.69, 9.17) is 11.6 Å². The summed E-state index contributed by atoms with van der Waals surface area (Å²) in [7, 11) is 0. The molecule has 5 heteroatoms. The molecule has 3 aromatic carbocycles. The fourth-order valence-corrected chi connectivity index (χ4v) is 3.85. The summed E-state index contributed by atoms with van der Waals surface area (Å²) in [5.41, 5.74) is 1.43. The number of amides is 2.